The zero-order chi connectivity index (χ0) is 17.0. The quantitative estimate of drug-likeness (QED) is 0.652. The molecule has 2 aromatic rings. The molecule has 0 aliphatic rings. The van der Waals surface area contributed by atoms with Gasteiger partial charge in [-0.15, -0.1) is 0 Å². The van der Waals surface area contributed by atoms with E-state index in [4.69, 9.17) is 4.74 Å². The summed E-state index contributed by atoms with van der Waals surface area (Å²) in [6.45, 7) is 5.76. The van der Waals surface area contributed by atoms with E-state index in [9.17, 15) is 14.9 Å². The summed E-state index contributed by atoms with van der Waals surface area (Å²) in [5.41, 5.74) is 1.16. The molecule has 23 heavy (non-hydrogen) atoms. The van der Waals surface area contributed by atoms with Gasteiger partial charge in [0.1, 0.15) is 11.8 Å². The Hall–Kier alpha value is -2.90. The Morgan fingerprint density at radius 3 is 2.61 bits per heavy atom. The average molecular weight is 318 g/mol. The molecule has 0 saturated carbocycles. The van der Waals surface area contributed by atoms with Crippen molar-refractivity contribution < 1.29 is 14.5 Å². The van der Waals surface area contributed by atoms with Crippen LogP contribution in [0, 0.1) is 17.0 Å². The lowest BCUT2D eigenvalue weighted by Gasteiger charge is -2.12. The predicted octanol–water partition coefficient (Wildman–Crippen LogP) is 2.70. The molecule has 0 bridgehead atoms. The Bertz CT molecular complexity index is 709. The van der Waals surface area contributed by atoms with E-state index in [-0.39, 0.29) is 11.7 Å². The van der Waals surface area contributed by atoms with Crippen LogP contribution in [0.3, 0.4) is 0 Å². The molecule has 0 saturated heterocycles. The highest BCUT2D eigenvalue weighted by atomic mass is 16.6. The summed E-state index contributed by atoms with van der Waals surface area (Å²) in [4.78, 5) is 22.5. The van der Waals surface area contributed by atoms with Crippen molar-refractivity contribution in [1.82, 2.24) is 9.78 Å². The maximum atomic E-state index is 12.3. The standard InChI is InChI=1S/C15H18N4O4/c1-4-23-13-7-5-12(6-8-13)16-15(20)11(3)18-10(2)9-14(17-18)19(21)22/h5-9,11H,4H2,1-3H3,(H,16,20). The van der Waals surface area contributed by atoms with Crippen molar-refractivity contribution in [2.75, 3.05) is 11.9 Å². The van der Waals surface area contributed by atoms with Gasteiger partial charge < -0.3 is 20.2 Å². The molecule has 0 spiro atoms. The van der Waals surface area contributed by atoms with Gasteiger partial charge in [0, 0.05) is 5.69 Å². The smallest absolute Gasteiger partial charge is 0.390 e. The molecule has 1 heterocycles. The van der Waals surface area contributed by atoms with E-state index in [1.54, 1.807) is 38.1 Å². The second-order valence-electron chi connectivity index (χ2n) is 4.97. The summed E-state index contributed by atoms with van der Waals surface area (Å²) in [6, 6.07) is 7.64. The number of hydrogen-bond donors (Lipinski definition) is 1. The number of nitrogens with zero attached hydrogens (tertiary/aromatic N) is 3. The van der Waals surface area contributed by atoms with Gasteiger partial charge in [-0.2, -0.15) is 4.68 Å². The number of nitro groups is 1. The maximum absolute atomic E-state index is 12.3. The lowest BCUT2D eigenvalue weighted by molar-refractivity contribution is -0.389. The number of ether oxygens (including phenoxy) is 1. The number of aryl methyl sites for hydroxylation is 1. The molecule has 1 unspecified atom stereocenters. The molecule has 122 valence electrons. The number of carbonyl (C=O) groups is 1. The molecule has 1 atom stereocenters. The first kappa shape index (κ1) is 16.5. The molecule has 2 rings (SSSR count). The molecule has 0 aliphatic heterocycles. The molecular formula is C15H18N4O4. The Balaban J connectivity index is 2.09. The molecule has 1 aromatic heterocycles. The Labute approximate surface area is 133 Å². The number of carbonyl (C=O) groups excluding carboxylic acids is 1. The third kappa shape index (κ3) is 3.85. The fraction of sp³-hybridized carbons (Fsp3) is 0.333. The summed E-state index contributed by atoms with van der Waals surface area (Å²) in [5, 5.41) is 17.3. The number of amides is 1. The molecule has 0 fully saturated rings. The van der Waals surface area contributed by atoms with Gasteiger partial charge in [0.15, 0.2) is 0 Å². The normalized spacial score (nSPS) is 11.8. The van der Waals surface area contributed by atoms with Gasteiger partial charge in [-0.05, 0) is 50.0 Å². The minimum atomic E-state index is -0.671. The van der Waals surface area contributed by atoms with Gasteiger partial charge in [0.05, 0.1) is 23.5 Å². The van der Waals surface area contributed by atoms with Crippen molar-refractivity contribution in [2.45, 2.75) is 26.8 Å². The van der Waals surface area contributed by atoms with E-state index >= 15 is 0 Å². The first-order valence-corrected chi connectivity index (χ1v) is 7.16. The summed E-state index contributed by atoms with van der Waals surface area (Å²) >= 11 is 0. The van der Waals surface area contributed by atoms with Gasteiger partial charge in [-0.1, -0.05) is 0 Å². The highest BCUT2D eigenvalue weighted by molar-refractivity contribution is 5.93. The molecule has 0 aliphatic carbocycles. The van der Waals surface area contributed by atoms with Gasteiger partial charge in [-0.3, -0.25) is 4.79 Å². The number of anilines is 1. The first-order chi connectivity index (χ1) is 10.9. The van der Waals surface area contributed by atoms with Crippen LogP contribution in [-0.2, 0) is 4.79 Å². The monoisotopic (exact) mass is 318 g/mol. The number of hydrogen-bond acceptors (Lipinski definition) is 5. The van der Waals surface area contributed by atoms with Crippen LogP contribution in [-0.4, -0.2) is 27.2 Å². The van der Waals surface area contributed by atoms with Crippen molar-refractivity contribution in [3.8, 4) is 5.75 Å². The minimum absolute atomic E-state index is 0.275. The highest BCUT2D eigenvalue weighted by Gasteiger charge is 2.24. The molecular weight excluding hydrogens is 300 g/mol. The van der Waals surface area contributed by atoms with Crippen LogP contribution >= 0.6 is 0 Å². The van der Waals surface area contributed by atoms with Crippen LogP contribution in [0.2, 0.25) is 0 Å². The fourth-order valence-electron chi connectivity index (χ4n) is 2.11. The Morgan fingerprint density at radius 1 is 1.43 bits per heavy atom. The van der Waals surface area contributed by atoms with Gasteiger partial charge in [0.2, 0.25) is 0 Å². The second kappa shape index (κ2) is 6.91. The van der Waals surface area contributed by atoms with E-state index in [1.165, 1.54) is 10.7 Å². The van der Waals surface area contributed by atoms with E-state index < -0.39 is 11.0 Å². The molecule has 1 aromatic carbocycles. The van der Waals surface area contributed by atoms with Crippen LogP contribution in [0.15, 0.2) is 30.3 Å². The van der Waals surface area contributed by atoms with Crippen LogP contribution in [0.25, 0.3) is 0 Å². The second-order valence-corrected chi connectivity index (χ2v) is 4.97. The topological polar surface area (TPSA) is 99.3 Å². The van der Waals surface area contributed by atoms with Gasteiger partial charge >= 0.3 is 5.82 Å². The first-order valence-electron chi connectivity index (χ1n) is 7.16. The SMILES string of the molecule is CCOc1ccc(NC(=O)C(C)n2nc([N+](=O)[O-])cc2C)cc1. The summed E-state index contributed by atoms with van der Waals surface area (Å²) in [6.07, 6.45) is 0. The van der Waals surface area contributed by atoms with Crippen LogP contribution in [0.1, 0.15) is 25.6 Å². The van der Waals surface area contributed by atoms with Crippen molar-refractivity contribution in [3.63, 3.8) is 0 Å². The van der Waals surface area contributed by atoms with Gasteiger partial charge in [0.25, 0.3) is 5.91 Å². The number of rotatable bonds is 6. The fourth-order valence-corrected chi connectivity index (χ4v) is 2.11. The maximum Gasteiger partial charge on any atom is 0.390 e. The van der Waals surface area contributed by atoms with Crippen LogP contribution in [0.4, 0.5) is 11.5 Å². The van der Waals surface area contributed by atoms with Crippen LogP contribution < -0.4 is 10.1 Å². The molecule has 1 amide bonds. The molecule has 8 heteroatoms. The van der Waals surface area contributed by atoms with Crippen molar-refractivity contribution in [1.29, 1.82) is 0 Å². The predicted molar refractivity (Wildman–Crippen MR) is 84.6 cm³/mol. The lowest BCUT2D eigenvalue weighted by atomic mass is 10.2. The van der Waals surface area contributed by atoms with E-state index in [1.807, 2.05) is 6.92 Å². The number of benzene rings is 1. The van der Waals surface area contributed by atoms with Gasteiger partial charge in [-0.25, -0.2) is 0 Å². The van der Waals surface area contributed by atoms with E-state index in [2.05, 4.69) is 10.4 Å². The summed E-state index contributed by atoms with van der Waals surface area (Å²) in [5.74, 6) is 0.135. The summed E-state index contributed by atoms with van der Waals surface area (Å²) < 4.78 is 6.67. The van der Waals surface area contributed by atoms with E-state index in [0.717, 1.165) is 5.75 Å². The number of nitrogens with one attached hydrogen (secondary N) is 1. The largest absolute Gasteiger partial charge is 0.494 e. The van der Waals surface area contributed by atoms with Crippen LogP contribution in [0.5, 0.6) is 5.75 Å². The summed E-state index contributed by atoms with van der Waals surface area (Å²) in [7, 11) is 0. The third-order valence-corrected chi connectivity index (χ3v) is 3.28. The van der Waals surface area contributed by atoms with Crippen molar-refractivity contribution in [3.05, 3.63) is 46.1 Å². The molecule has 1 N–H and O–H groups in total. The minimum Gasteiger partial charge on any atom is -0.494 e. The van der Waals surface area contributed by atoms with Crippen molar-refractivity contribution in [2.24, 2.45) is 0 Å². The Morgan fingerprint density at radius 2 is 2.09 bits per heavy atom. The third-order valence-electron chi connectivity index (χ3n) is 3.28. The molecule has 0 radical (unpaired) electrons. The lowest BCUT2D eigenvalue weighted by Crippen LogP contribution is -2.25. The zero-order valence-electron chi connectivity index (χ0n) is 13.1. The zero-order valence-corrected chi connectivity index (χ0v) is 13.1. The highest BCUT2D eigenvalue weighted by Crippen LogP contribution is 2.19. The molecule has 8 nitrogen and oxygen atoms in total. The number of aromatic nitrogens is 2. The average Bonchev–Trinajstić information content (AvgIpc) is 2.91. The Kier molecular flexibility index (Phi) is 4.95. The van der Waals surface area contributed by atoms with Crippen molar-refractivity contribution >= 4 is 17.4 Å². The van der Waals surface area contributed by atoms with E-state index in [0.29, 0.717) is 18.0 Å².